The van der Waals surface area contributed by atoms with E-state index in [9.17, 15) is 0 Å². The molecule has 0 unspecified atom stereocenters. The Morgan fingerprint density at radius 2 is 2.00 bits per heavy atom. The second kappa shape index (κ2) is 7.07. The van der Waals surface area contributed by atoms with Crippen LogP contribution in [0.4, 0.5) is 5.82 Å². The lowest BCUT2D eigenvalue weighted by molar-refractivity contribution is 0.317. The first-order chi connectivity index (χ1) is 10.1. The average Bonchev–Trinajstić information content (AvgIpc) is 2.52. The van der Waals surface area contributed by atoms with Gasteiger partial charge in [0.1, 0.15) is 11.6 Å². The van der Waals surface area contributed by atoms with E-state index in [2.05, 4.69) is 36.1 Å². The average molecular weight is 285 g/mol. The Morgan fingerprint density at radius 3 is 2.67 bits per heavy atom. The molecule has 2 aromatic rings. The zero-order valence-electron chi connectivity index (χ0n) is 13.2. The summed E-state index contributed by atoms with van der Waals surface area (Å²) in [5, 5.41) is 3.10. The van der Waals surface area contributed by atoms with Gasteiger partial charge in [-0.25, -0.2) is 9.97 Å². The van der Waals surface area contributed by atoms with Crippen molar-refractivity contribution >= 4 is 5.82 Å². The summed E-state index contributed by atoms with van der Waals surface area (Å²) in [4.78, 5) is 9.21. The molecule has 1 heterocycles. The van der Waals surface area contributed by atoms with Gasteiger partial charge in [0.15, 0.2) is 5.82 Å². The van der Waals surface area contributed by atoms with Crippen LogP contribution in [0.3, 0.4) is 0 Å². The first-order valence-electron chi connectivity index (χ1n) is 7.44. The smallest absolute Gasteiger partial charge is 0.161 e. The molecule has 1 aromatic carbocycles. The number of aromatic nitrogens is 2. The van der Waals surface area contributed by atoms with Crippen molar-refractivity contribution in [2.75, 3.05) is 19.0 Å². The summed E-state index contributed by atoms with van der Waals surface area (Å²) in [6.45, 7) is 7.08. The normalized spacial score (nSPS) is 10.7. The van der Waals surface area contributed by atoms with E-state index >= 15 is 0 Å². The van der Waals surface area contributed by atoms with Crippen LogP contribution in [-0.2, 0) is 0 Å². The number of hydrogen-bond acceptors (Lipinski definition) is 4. The van der Waals surface area contributed by atoms with Crippen LogP contribution in [0, 0.1) is 0 Å². The molecule has 1 N–H and O–H groups in total. The van der Waals surface area contributed by atoms with Gasteiger partial charge in [-0.05, 0) is 24.5 Å². The van der Waals surface area contributed by atoms with Crippen molar-refractivity contribution in [3.05, 3.63) is 36.0 Å². The Kier molecular flexibility index (Phi) is 5.14. The molecule has 0 amide bonds. The molecule has 112 valence electrons. The SMILES string of the molecule is CCCOc1cccc(-c2nc(NC)cc(C(C)C)n2)c1. The Bertz CT molecular complexity index is 596. The van der Waals surface area contributed by atoms with Gasteiger partial charge in [0.05, 0.1) is 6.61 Å². The summed E-state index contributed by atoms with van der Waals surface area (Å²) >= 11 is 0. The number of ether oxygens (including phenoxy) is 1. The Balaban J connectivity index is 2.38. The molecule has 0 saturated carbocycles. The van der Waals surface area contributed by atoms with Gasteiger partial charge in [0, 0.05) is 24.4 Å². The van der Waals surface area contributed by atoms with E-state index in [0.717, 1.165) is 41.7 Å². The molecule has 0 atom stereocenters. The van der Waals surface area contributed by atoms with Gasteiger partial charge >= 0.3 is 0 Å². The highest BCUT2D eigenvalue weighted by Gasteiger charge is 2.09. The maximum Gasteiger partial charge on any atom is 0.161 e. The third-order valence-electron chi connectivity index (χ3n) is 3.16. The van der Waals surface area contributed by atoms with Gasteiger partial charge in [-0.3, -0.25) is 0 Å². The van der Waals surface area contributed by atoms with Crippen LogP contribution in [0.2, 0.25) is 0 Å². The molecule has 21 heavy (non-hydrogen) atoms. The fourth-order valence-corrected chi connectivity index (χ4v) is 1.96. The number of rotatable bonds is 6. The van der Waals surface area contributed by atoms with Gasteiger partial charge in [-0.1, -0.05) is 32.9 Å². The van der Waals surface area contributed by atoms with Crippen molar-refractivity contribution in [1.82, 2.24) is 9.97 Å². The topological polar surface area (TPSA) is 47.0 Å². The number of anilines is 1. The van der Waals surface area contributed by atoms with E-state index in [1.165, 1.54) is 0 Å². The Morgan fingerprint density at radius 1 is 1.19 bits per heavy atom. The summed E-state index contributed by atoms with van der Waals surface area (Å²) in [6.07, 6.45) is 0.994. The van der Waals surface area contributed by atoms with E-state index < -0.39 is 0 Å². The van der Waals surface area contributed by atoms with Crippen molar-refractivity contribution in [2.45, 2.75) is 33.1 Å². The van der Waals surface area contributed by atoms with Crippen molar-refractivity contribution < 1.29 is 4.74 Å². The first-order valence-corrected chi connectivity index (χ1v) is 7.44. The summed E-state index contributed by atoms with van der Waals surface area (Å²) in [7, 11) is 1.87. The fourth-order valence-electron chi connectivity index (χ4n) is 1.96. The third-order valence-corrected chi connectivity index (χ3v) is 3.16. The minimum atomic E-state index is 0.360. The molecule has 0 fully saturated rings. The van der Waals surface area contributed by atoms with Crippen molar-refractivity contribution in [2.24, 2.45) is 0 Å². The van der Waals surface area contributed by atoms with Crippen LogP contribution in [0.25, 0.3) is 11.4 Å². The Hall–Kier alpha value is -2.10. The maximum absolute atomic E-state index is 5.68. The maximum atomic E-state index is 5.68. The second-order valence-electron chi connectivity index (χ2n) is 5.28. The van der Waals surface area contributed by atoms with Crippen LogP contribution in [0.5, 0.6) is 5.75 Å². The summed E-state index contributed by atoms with van der Waals surface area (Å²) < 4.78 is 5.68. The zero-order chi connectivity index (χ0) is 15.2. The fraction of sp³-hybridized carbons (Fsp3) is 0.412. The number of nitrogens with one attached hydrogen (secondary N) is 1. The largest absolute Gasteiger partial charge is 0.494 e. The molecule has 2 rings (SSSR count). The van der Waals surface area contributed by atoms with Gasteiger partial charge in [-0.15, -0.1) is 0 Å². The summed E-state index contributed by atoms with van der Waals surface area (Å²) in [5.41, 5.74) is 2.01. The third kappa shape index (κ3) is 3.94. The van der Waals surface area contributed by atoms with E-state index in [0.29, 0.717) is 5.92 Å². The molecule has 1 aromatic heterocycles. The number of nitrogens with zero attached hydrogens (tertiary/aromatic N) is 2. The lowest BCUT2D eigenvalue weighted by Crippen LogP contribution is -2.02. The predicted molar refractivity (Wildman–Crippen MR) is 86.9 cm³/mol. The van der Waals surface area contributed by atoms with E-state index in [1.54, 1.807) is 0 Å². The molecular formula is C17H23N3O. The Labute approximate surface area is 126 Å². The minimum Gasteiger partial charge on any atom is -0.494 e. The summed E-state index contributed by atoms with van der Waals surface area (Å²) in [6, 6.07) is 9.94. The van der Waals surface area contributed by atoms with E-state index in [1.807, 2.05) is 37.4 Å². The summed E-state index contributed by atoms with van der Waals surface area (Å²) in [5.74, 6) is 2.79. The standard InChI is InChI=1S/C17H23N3O/c1-5-9-21-14-8-6-7-13(10-14)17-19-15(12(2)3)11-16(18-4)20-17/h6-8,10-12H,5,9H2,1-4H3,(H,18,19,20). The lowest BCUT2D eigenvalue weighted by atomic mass is 10.1. The molecule has 4 heteroatoms. The van der Waals surface area contributed by atoms with Crippen LogP contribution in [0.15, 0.2) is 30.3 Å². The van der Waals surface area contributed by atoms with Crippen LogP contribution < -0.4 is 10.1 Å². The highest BCUT2D eigenvalue weighted by molar-refractivity contribution is 5.59. The quantitative estimate of drug-likeness (QED) is 0.868. The van der Waals surface area contributed by atoms with Crippen molar-refractivity contribution in [3.63, 3.8) is 0 Å². The minimum absolute atomic E-state index is 0.360. The van der Waals surface area contributed by atoms with Gasteiger partial charge < -0.3 is 10.1 Å². The molecule has 0 saturated heterocycles. The van der Waals surface area contributed by atoms with Crippen LogP contribution >= 0.6 is 0 Å². The molecule has 0 aliphatic heterocycles. The van der Waals surface area contributed by atoms with Crippen molar-refractivity contribution in [3.8, 4) is 17.1 Å². The number of hydrogen-bond donors (Lipinski definition) is 1. The van der Waals surface area contributed by atoms with Gasteiger partial charge in [-0.2, -0.15) is 0 Å². The zero-order valence-corrected chi connectivity index (χ0v) is 13.2. The molecule has 0 radical (unpaired) electrons. The van der Waals surface area contributed by atoms with Crippen molar-refractivity contribution in [1.29, 1.82) is 0 Å². The highest BCUT2D eigenvalue weighted by atomic mass is 16.5. The lowest BCUT2D eigenvalue weighted by Gasteiger charge is -2.11. The first kappa shape index (κ1) is 15.3. The van der Waals surface area contributed by atoms with E-state index in [4.69, 9.17) is 4.74 Å². The van der Waals surface area contributed by atoms with E-state index in [-0.39, 0.29) is 0 Å². The van der Waals surface area contributed by atoms with Crippen LogP contribution in [0.1, 0.15) is 38.8 Å². The second-order valence-corrected chi connectivity index (χ2v) is 5.28. The predicted octanol–water partition coefficient (Wildman–Crippen LogP) is 4.10. The van der Waals surface area contributed by atoms with Gasteiger partial charge in [0.2, 0.25) is 0 Å². The molecule has 0 spiro atoms. The monoisotopic (exact) mass is 285 g/mol. The molecule has 0 bridgehead atoms. The highest BCUT2D eigenvalue weighted by Crippen LogP contribution is 2.24. The molecular weight excluding hydrogens is 262 g/mol. The molecule has 0 aliphatic carbocycles. The van der Waals surface area contributed by atoms with Crippen LogP contribution in [-0.4, -0.2) is 23.6 Å². The molecule has 0 aliphatic rings. The molecule has 4 nitrogen and oxygen atoms in total. The van der Waals surface area contributed by atoms with Gasteiger partial charge in [0.25, 0.3) is 0 Å². The number of benzene rings is 1.